The summed E-state index contributed by atoms with van der Waals surface area (Å²) in [6.07, 6.45) is 1.04. The van der Waals surface area contributed by atoms with Crippen molar-refractivity contribution in [3.05, 3.63) is 57.6 Å². The van der Waals surface area contributed by atoms with Crippen LogP contribution in [-0.4, -0.2) is 23.6 Å². The van der Waals surface area contributed by atoms with Gasteiger partial charge in [0.25, 0.3) is 0 Å². The van der Waals surface area contributed by atoms with Crippen molar-refractivity contribution in [3.63, 3.8) is 0 Å². The Morgan fingerprint density at radius 3 is 2.59 bits per heavy atom. The van der Waals surface area contributed by atoms with E-state index in [4.69, 9.17) is 9.47 Å². The summed E-state index contributed by atoms with van der Waals surface area (Å²) in [5.41, 5.74) is 5.27. The third kappa shape index (κ3) is 2.41. The molecule has 0 radical (unpaired) electrons. The lowest BCUT2D eigenvalue weighted by Gasteiger charge is -2.17. The molecule has 0 atom stereocenters. The van der Waals surface area contributed by atoms with Gasteiger partial charge in [0.2, 0.25) is 6.79 Å². The molecular weight excluding hydrogens is 342 g/mol. The highest BCUT2D eigenvalue weighted by atomic mass is 79.9. The van der Waals surface area contributed by atoms with Crippen molar-refractivity contribution in [1.82, 2.24) is 0 Å². The molecule has 0 aliphatic carbocycles. The molecule has 0 aromatic heterocycles. The predicted octanol–water partition coefficient (Wildman–Crippen LogP) is 3.76. The maximum Gasteiger partial charge on any atom is 0.231 e. The Bertz CT molecular complexity index is 765. The zero-order chi connectivity index (χ0) is 15.1. The first kappa shape index (κ1) is 13.8. The molecule has 4 rings (SSSR count). The minimum atomic E-state index is 0.333. The smallest absolute Gasteiger partial charge is 0.231 e. The molecule has 0 N–H and O–H groups in total. The third-order valence-corrected chi connectivity index (χ3v) is 4.93. The quantitative estimate of drug-likeness (QED) is 0.762. The first-order valence-corrected chi connectivity index (χ1v) is 8.26. The molecule has 2 aromatic carbocycles. The summed E-state index contributed by atoms with van der Waals surface area (Å²) >= 11 is 3.49. The molecular formula is C18H17BrNO2+. The summed E-state index contributed by atoms with van der Waals surface area (Å²) in [5.74, 6) is 1.75. The predicted molar refractivity (Wildman–Crippen MR) is 89.0 cm³/mol. The monoisotopic (exact) mass is 358 g/mol. The lowest BCUT2D eigenvalue weighted by Crippen LogP contribution is -2.28. The van der Waals surface area contributed by atoms with Crippen LogP contribution >= 0.6 is 15.9 Å². The molecule has 0 saturated heterocycles. The molecule has 0 unspecified atom stereocenters. The first-order valence-electron chi connectivity index (χ1n) is 7.46. The van der Waals surface area contributed by atoms with E-state index in [9.17, 15) is 0 Å². The second-order valence-electron chi connectivity index (χ2n) is 5.75. The lowest BCUT2D eigenvalue weighted by molar-refractivity contribution is -0.545. The molecule has 0 saturated carbocycles. The van der Waals surface area contributed by atoms with Crippen LogP contribution in [0.25, 0.3) is 0 Å². The Labute approximate surface area is 138 Å². The summed E-state index contributed by atoms with van der Waals surface area (Å²) in [6.45, 7) is 4.50. The van der Waals surface area contributed by atoms with Crippen molar-refractivity contribution >= 4 is 21.6 Å². The van der Waals surface area contributed by atoms with E-state index in [0.29, 0.717) is 6.79 Å². The van der Waals surface area contributed by atoms with Gasteiger partial charge in [-0.25, -0.2) is 4.58 Å². The van der Waals surface area contributed by atoms with Gasteiger partial charge in [-0.3, -0.25) is 0 Å². The zero-order valence-corrected chi connectivity index (χ0v) is 14.0. The molecule has 0 bridgehead atoms. The standard InChI is InChI=1S/C18H17BrNO2/c1-12-16-9-18-17(21-11-22-18)8-14(16)6-7-20(12)10-13-2-4-15(19)5-3-13/h2-5,8-9H,6-7,10-11H2,1H3/q+1. The second-order valence-corrected chi connectivity index (χ2v) is 6.66. The fraction of sp³-hybridized carbons (Fsp3) is 0.278. The van der Waals surface area contributed by atoms with E-state index in [-0.39, 0.29) is 0 Å². The van der Waals surface area contributed by atoms with Crippen molar-refractivity contribution in [2.24, 2.45) is 0 Å². The Morgan fingerprint density at radius 2 is 1.82 bits per heavy atom. The van der Waals surface area contributed by atoms with E-state index in [1.165, 1.54) is 22.4 Å². The van der Waals surface area contributed by atoms with Gasteiger partial charge < -0.3 is 9.47 Å². The number of halogens is 1. The Hall–Kier alpha value is -1.81. The van der Waals surface area contributed by atoms with E-state index < -0.39 is 0 Å². The molecule has 0 fully saturated rings. The molecule has 2 aliphatic rings. The van der Waals surface area contributed by atoms with Crippen LogP contribution < -0.4 is 9.47 Å². The highest BCUT2D eigenvalue weighted by molar-refractivity contribution is 9.10. The van der Waals surface area contributed by atoms with Crippen LogP contribution in [0.2, 0.25) is 0 Å². The molecule has 4 heteroatoms. The lowest BCUT2D eigenvalue weighted by atomic mass is 9.96. The van der Waals surface area contributed by atoms with Gasteiger partial charge in [0.1, 0.15) is 6.54 Å². The van der Waals surface area contributed by atoms with Crippen LogP contribution in [0.15, 0.2) is 40.9 Å². The van der Waals surface area contributed by atoms with Crippen LogP contribution in [-0.2, 0) is 13.0 Å². The van der Waals surface area contributed by atoms with Crippen LogP contribution in [0.5, 0.6) is 11.5 Å². The van der Waals surface area contributed by atoms with Gasteiger partial charge in [0.05, 0.1) is 0 Å². The van der Waals surface area contributed by atoms with Gasteiger partial charge >= 0.3 is 0 Å². The van der Waals surface area contributed by atoms with E-state index in [1.807, 2.05) is 0 Å². The number of hydrogen-bond acceptors (Lipinski definition) is 2. The molecule has 2 aliphatic heterocycles. The Balaban J connectivity index is 1.69. The molecule has 2 heterocycles. The van der Waals surface area contributed by atoms with E-state index >= 15 is 0 Å². The number of benzene rings is 2. The molecule has 3 nitrogen and oxygen atoms in total. The number of fused-ring (bicyclic) bond motifs is 2. The number of rotatable bonds is 2. The summed E-state index contributed by atoms with van der Waals surface area (Å²) in [4.78, 5) is 0. The number of nitrogens with zero attached hydrogens (tertiary/aromatic N) is 1. The first-order chi connectivity index (χ1) is 10.7. The van der Waals surface area contributed by atoms with E-state index in [2.05, 4.69) is 63.8 Å². The van der Waals surface area contributed by atoms with Crippen molar-refractivity contribution in [2.45, 2.75) is 19.9 Å². The van der Waals surface area contributed by atoms with Crippen molar-refractivity contribution in [3.8, 4) is 11.5 Å². The molecule has 2 aromatic rings. The van der Waals surface area contributed by atoms with Crippen LogP contribution in [0, 0.1) is 0 Å². The summed E-state index contributed by atoms with van der Waals surface area (Å²) < 4.78 is 14.6. The highest BCUT2D eigenvalue weighted by Crippen LogP contribution is 2.36. The average molecular weight is 359 g/mol. The largest absolute Gasteiger partial charge is 0.454 e. The fourth-order valence-corrected chi connectivity index (χ4v) is 3.39. The fourth-order valence-electron chi connectivity index (χ4n) is 3.13. The van der Waals surface area contributed by atoms with Gasteiger partial charge in [0, 0.05) is 28.9 Å². The van der Waals surface area contributed by atoms with Gasteiger partial charge in [-0.1, -0.05) is 28.1 Å². The third-order valence-electron chi connectivity index (χ3n) is 4.40. The van der Waals surface area contributed by atoms with Crippen LogP contribution in [0.1, 0.15) is 23.6 Å². The number of ether oxygens (including phenoxy) is 2. The Kier molecular flexibility index (Phi) is 3.41. The molecule has 0 spiro atoms. The topological polar surface area (TPSA) is 21.5 Å². The van der Waals surface area contributed by atoms with E-state index in [0.717, 1.165) is 35.5 Å². The van der Waals surface area contributed by atoms with Crippen molar-refractivity contribution in [2.75, 3.05) is 13.3 Å². The maximum absolute atomic E-state index is 5.52. The SMILES string of the molecule is CC1=[N+](Cc2ccc(Br)cc2)CCc2cc3c(cc21)OCO3. The highest BCUT2D eigenvalue weighted by Gasteiger charge is 2.26. The minimum absolute atomic E-state index is 0.333. The van der Waals surface area contributed by atoms with Gasteiger partial charge in [0.15, 0.2) is 23.8 Å². The average Bonchev–Trinajstić information content (AvgIpc) is 2.98. The second kappa shape index (κ2) is 5.43. The zero-order valence-electron chi connectivity index (χ0n) is 12.4. The summed E-state index contributed by atoms with van der Waals surface area (Å²) in [6, 6.07) is 12.8. The Morgan fingerprint density at radius 1 is 1.09 bits per heavy atom. The van der Waals surface area contributed by atoms with Crippen LogP contribution in [0.3, 0.4) is 0 Å². The maximum atomic E-state index is 5.52. The molecule has 22 heavy (non-hydrogen) atoms. The summed E-state index contributed by atoms with van der Waals surface area (Å²) in [5, 5.41) is 0. The van der Waals surface area contributed by atoms with Crippen molar-refractivity contribution in [1.29, 1.82) is 0 Å². The van der Waals surface area contributed by atoms with Gasteiger partial charge in [-0.15, -0.1) is 0 Å². The summed E-state index contributed by atoms with van der Waals surface area (Å²) in [7, 11) is 0. The minimum Gasteiger partial charge on any atom is -0.454 e. The molecule has 0 amide bonds. The van der Waals surface area contributed by atoms with E-state index in [1.54, 1.807) is 0 Å². The van der Waals surface area contributed by atoms with Crippen LogP contribution in [0.4, 0.5) is 0 Å². The van der Waals surface area contributed by atoms with Crippen molar-refractivity contribution < 1.29 is 14.0 Å². The van der Waals surface area contributed by atoms with Gasteiger partial charge in [-0.2, -0.15) is 0 Å². The molecule has 112 valence electrons. The van der Waals surface area contributed by atoms with Gasteiger partial charge in [-0.05, 0) is 29.8 Å². The normalized spacial score (nSPS) is 15.9. The number of hydrogen-bond donors (Lipinski definition) is 0.